The number of hydrogen-bond acceptors (Lipinski definition) is 3. The molecule has 1 aromatic heterocycles. The highest BCUT2D eigenvalue weighted by atomic mass is 15.3. The Balaban J connectivity index is 2.02. The number of aryl methyl sites for hydroxylation is 2. The minimum atomic E-state index is 0.439. The van der Waals surface area contributed by atoms with Crippen LogP contribution in [0.3, 0.4) is 0 Å². The minimum Gasteiger partial charge on any atom is -0.324 e. The predicted octanol–water partition coefficient (Wildman–Crippen LogP) is 1.06. The van der Waals surface area contributed by atoms with E-state index in [0.717, 1.165) is 24.5 Å². The lowest BCUT2D eigenvalue weighted by Gasteiger charge is -2.02. The summed E-state index contributed by atoms with van der Waals surface area (Å²) in [6.07, 6.45) is 1.88. The molecule has 1 aromatic carbocycles. The lowest BCUT2D eigenvalue weighted by molar-refractivity contribution is 0.733. The molecule has 4 heteroatoms. The number of nitrogens with zero attached hydrogens (tertiary/aromatic N) is 3. The fourth-order valence-electron chi connectivity index (χ4n) is 1.69. The highest BCUT2D eigenvalue weighted by Crippen LogP contribution is 2.05. The van der Waals surface area contributed by atoms with E-state index in [9.17, 15) is 0 Å². The quantitative estimate of drug-likeness (QED) is 0.831. The molecule has 1 heterocycles. The van der Waals surface area contributed by atoms with Crippen LogP contribution in [0.1, 0.15) is 17.2 Å². The number of rotatable bonds is 4. The van der Waals surface area contributed by atoms with E-state index in [1.807, 2.05) is 17.7 Å². The second-order valence-electron chi connectivity index (χ2n) is 3.78. The molecule has 0 saturated heterocycles. The third kappa shape index (κ3) is 2.28. The summed E-state index contributed by atoms with van der Waals surface area (Å²) in [6, 6.07) is 10.4. The summed E-state index contributed by atoms with van der Waals surface area (Å²) in [6.45, 7) is 0.439. The van der Waals surface area contributed by atoms with Crippen LogP contribution < -0.4 is 5.73 Å². The molecule has 0 bridgehead atoms. The van der Waals surface area contributed by atoms with Crippen molar-refractivity contribution in [2.75, 3.05) is 0 Å². The summed E-state index contributed by atoms with van der Waals surface area (Å²) >= 11 is 0. The molecule has 0 radical (unpaired) electrons. The molecule has 0 aliphatic rings. The van der Waals surface area contributed by atoms with Gasteiger partial charge in [-0.15, -0.1) is 10.2 Å². The summed E-state index contributed by atoms with van der Waals surface area (Å²) < 4.78 is 1.98. The molecule has 0 amide bonds. The van der Waals surface area contributed by atoms with Crippen molar-refractivity contribution in [3.8, 4) is 0 Å². The standard InChI is InChI=1S/C12H16N4/c1-16-11(14-15-12(16)9-13)8-7-10-5-3-2-4-6-10/h2-6H,7-9,13H2,1H3. The lowest BCUT2D eigenvalue weighted by atomic mass is 10.1. The number of hydrogen-bond donors (Lipinski definition) is 1. The van der Waals surface area contributed by atoms with Crippen molar-refractivity contribution in [2.45, 2.75) is 19.4 Å². The first-order valence-electron chi connectivity index (χ1n) is 5.42. The zero-order valence-electron chi connectivity index (χ0n) is 9.43. The third-order valence-electron chi connectivity index (χ3n) is 2.72. The maximum Gasteiger partial charge on any atom is 0.146 e. The first-order valence-corrected chi connectivity index (χ1v) is 5.42. The number of benzene rings is 1. The van der Waals surface area contributed by atoms with Crippen LogP contribution in [0.5, 0.6) is 0 Å². The summed E-state index contributed by atoms with van der Waals surface area (Å²) in [5.74, 6) is 1.83. The predicted molar refractivity (Wildman–Crippen MR) is 62.7 cm³/mol. The van der Waals surface area contributed by atoms with Gasteiger partial charge < -0.3 is 10.3 Å². The Kier molecular flexibility index (Phi) is 3.31. The van der Waals surface area contributed by atoms with E-state index in [1.165, 1.54) is 5.56 Å². The van der Waals surface area contributed by atoms with Crippen LogP contribution in [0.4, 0.5) is 0 Å². The lowest BCUT2D eigenvalue weighted by Crippen LogP contribution is -2.07. The summed E-state index contributed by atoms with van der Waals surface area (Å²) in [5, 5.41) is 8.17. The molecule has 0 unspecified atom stereocenters. The highest BCUT2D eigenvalue weighted by Gasteiger charge is 2.06. The van der Waals surface area contributed by atoms with Crippen LogP contribution in [0.15, 0.2) is 30.3 Å². The highest BCUT2D eigenvalue weighted by molar-refractivity contribution is 5.15. The molecule has 2 N–H and O–H groups in total. The minimum absolute atomic E-state index is 0.439. The van der Waals surface area contributed by atoms with E-state index in [0.29, 0.717) is 6.54 Å². The average Bonchev–Trinajstić information content (AvgIpc) is 2.69. The molecule has 0 aliphatic heterocycles. The van der Waals surface area contributed by atoms with Gasteiger partial charge in [0.25, 0.3) is 0 Å². The van der Waals surface area contributed by atoms with Crippen molar-refractivity contribution in [3.05, 3.63) is 47.5 Å². The maximum absolute atomic E-state index is 5.55. The number of aromatic nitrogens is 3. The zero-order valence-corrected chi connectivity index (χ0v) is 9.43. The first kappa shape index (κ1) is 10.8. The summed E-state index contributed by atoms with van der Waals surface area (Å²) in [7, 11) is 1.96. The average molecular weight is 216 g/mol. The molecule has 0 saturated carbocycles. The second kappa shape index (κ2) is 4.90. The molecule has 0 atom stereocenters. The smallest absolute Gasteiger partial charge is 0.146 e. The van der Waals surface area contributed by atoms with Gasteiger partial charge in [0.1, 0.15) is 11.6 Å². The van der Waals surface area contributed by atoms with E-state index in [4.69, 9.17) is 5.73 Å². The van der Waals surface area contributed by atoms with Crippen LogP contribution in [0.25, 0.3) is 0 Å². The van der Waals surface area contributed by atoms with Gasteiger partial charge in [-0.25, -0.2) is 0 Å². The molecule has 84 valence electrons. The Morgan fingerprint density at radius 2 is 1.75 bits per heavy atom. The van der Waals surface area contributed by atoms with E-state index in [2.05, 4.69) is 34.5 Å². The van der Waals surface area contributed by atoms with E-state index in [1.54, 1.807) is 0 Å². The van der Waals surface area contributed by atoms with Crippen molar-refractivity contribution < 1.29 is 0 Å². The largest absolute Gasteiger partial charge is 0.324 e. The van der Waals surface area contributed by atoms with Crippen LogP contribution in [-0.2, 0) is 26.4 Å². The van der Waals surface area contributed by atoms with Gasteiger partial charge in [-0.3, -0.25) is 0 Å². The van der Waals surface area contributed by atoms with Gasteiger partial charge in [0.15, 0.2) is 0 Å². The zero-order chi connectivity index (χ0) is 11.4. The van der Waals surface area contributed by atoms with Crippen molar-refractivity contribution in [3.63, 3.8) is 0 Å². The van der Waals surface area contributed by atoms with Crippen molar-refractivity contribution >= 4 is 0 Å². The van der Waals surface area contributed by atoms with Crippen molar-refractivity contribution in [1.82, 2.24) is 14.8 Å². The normalized spacial score (nSPS) is 10.6. The number of nitrogens with two attached hydrogens (primary N) is 1. The Morgan fingerprint density at radius 3 is 2.38 bits per heavy atom. The Hall–Kier alpha value is -1.68. The van der Waals surface area contributed by atoms with Gasteiger partial charge in [-0.1, -0.05) is 30.3 Å². The van der Waals surface area contributed by atoms with E-state index >= 15 is 0 Å². The summed E-state index contributed by atoms with van der Waals surface area (Å²) in [5.41, 5.74) is 6.87. The van der Waals surface area contributed by atoms with Gasteiger partial charge in [-0.2, -0.15) is 0 Å². The van der Waals surface area contributed by atoms with Crippen molar-refractivity contribution in [1.29, 1.82) is 0 Å². The fourth-order valence-corrected chi connectivity index (χ4v) is 1.69. The molecular weight excluding hydrogens is 200 g/mol. The fraction of sp³-hybridized carbons (Fsp3) is 0.333. The maximum atomic E-state index is 5.55. The van der Waals surface area contributed by atoms with Crippen LogP contribution in [0.2, 0.25) is 0 Å². The van der Waals surface area contributed by atoms with Crippen LogP contribution >= 0.6 is 0 Å². The SMILES string of the molecule is Cn1c(CN)nnc1CCc1ccccc1. The van der Waals surface area contributed by atoms with Crippen molar-refractivity contribution in [2.24, 2.45) is 12.8 Å². The molecule has 4 nitrogen and oxygen atoms in total. The van der Waals surface area contributed by atoms with Crippen LogP contribution in [0, 0.1) is 0 Å². The van der Waals surface area contributed by atoms with E-state index < -0.39 is 0 Å². The Bertz CT molecular complexity index is 447. The molecule has 0 aliphatic carbocycles. The molecule has 0 spiro atoms. The molecule has 2 aromatic rings. The van der Waals surface area contributed by atoms with Gasteiger partial charge in [0.05, 0.1) is 6.54 Å². The van der Waals surface area contributed by atoms with E-state index in [-0.39, 0.29) is 0 Å². The van der Waals surface area contributed by atoms with Gasteiger partial charge in [0, 0.05) is 13.5 Å². The Labute approximate surface area is 95.1 Å². The topological polar surface area (TPSA) is 56.7 Å². The van der Waals surface area contributed by atoms with Gasteiger partial charge >= 0.3 is 0 Å². The molecule has 0 fully saturated rings. The van der Waals surface area contributed by atoms with Crippen LogP contribution in [-0.4, -0.2) is 14.8 Å². The molecule has 16 heavy (non-hydrogen) atoms. The Morgan fingerprint density at radius 1 is 1.06 bits per heavy atom. The summed E-state index contributed by atoms with van der Waals surface area (Å²) in [4.78, 5) is 0. The third-order valence-corrected chi connectivity index (χ3v) is 2.72. The first-order chi connectivity index (χ1) is 7.81. The second-order valence-corrected chi connectivity index (χ2v) is 3.78. The van der Waals surface area contributed by atoms with Gasteiger partial charge in [0.2, 0.25) is 0 Å². The molecular formula is C12H16N4. The van der Waals surface area contributed by atoms with Gasteiger partial charge in [-0.05, 0) is 12.0 Å². The molecule has 2 rings (SSSR count). The monoisotopic (exact) mass is 216 g/mol.